The minimum absolute atomic E-state index is 0.539. The first-order valence-electron chi connectivity index (χ1n) is 6.05. The lowest BCUT2D eigenvalue weighted by atomic mass is 10.1. The normalized spacial score (nSPS) is 10.0. The van der Waals surface area contributed by atoms with Crippen molar-refractivity contribution < 1.29 is 18.9 Å². The second-order valence-corrected chi connectivity index (χ2v) is 3.95. The number of methoxy groups -OCH3 is 4. The number of aromatic nitrogens is 1. The fourth-order valence-electron chi connectivity index (χ4n) is 1.98. The van der Waals surface area contributed by atoms with E-state index < -0.39 is 0 Å². The minimum Gasteiger partial charge on any atom is -0.493 e. The first kappa shape index (κ1) is 14.0. The van der Waals surface area contributed by atoms with Crippen molar-refractivity contribution in [1.29, 1.82) is 0 Å². The Hall–Kier alpha value is -2.43. The Bertz CT molecular complexity index is 598. The second kappa shape index (κ2) is 6.14. The number of pyridine rings is 1. The Morgan fingerprint density at radius 3 is 2.10 bits per heavy atom. The van der Waals surface area contributed by atoms with Gasteiger partial charge in [-0.2, -0.15) is 0 Å². The zero-order valence-corrected chi connectivity index (χ0v) is 12.0. The summed E-state index contributed by atoms with van der Waals surface area (Å²) in [5, 5.41) is 0. The third-order valence-electron chi connectivity index (χ3n) is 2.91. The fraction of sp³-hybridized carbons (Fsp3) is 0.267. The van der Waals surface area contributed by atoms with Crippen molar-refractivity contribution in [3.8, 4) is 34.4 Å². The lowest BCUT2D eigenvalue weighted by molar-refractivity contribution is 0.325. The molecule has 2 rings (SSSR count). The summed E-state index contributed by atoms with van der Waals surface area (Å²) in [5.41, 5.74) is 1.55. The molecular formula is C15H17NO4. The molecule has 0 atom stereocenters. The van der Waals surface area contributed by atoms with Crippen molar-refractivity contribution in [3.63, 3.8) is 0 Å². The van der Waals surface area contributed by atoms with Crippen LogP contribution in [0.5, 0.6) is 23.1 Å². The molecule has 20 heavy (non-hydrogen) atoms. The van der Waals surface area contributed by atoms with E-state index in [0.717, 1.165) is 11.3 Å². The standard InChI is InChI=1S/C15H17NO4/c1-17-12-9-8-10(14(19-3)15(12)20-4)11-6-5-7-13(16-11)18-2/h5-9H,1-4H3. The third-order valence-corrected chi connectivity index (χ3v) is 2.91. The molecule has 0 unspecified atom stereocenters. The maximum Gasteiger partial charge on any atom is 0.213 e. The summed E-state index contributed by atoms with van der Waals surface area (Å²) in [5.74, 6) is 2.26. The van der Waals surface area contributed by atoms with E-state index in [1.807, 2.05) is 24.3 Å². The quantitative estimate of drug-likeness (QED) is 0.839. The molecule has 0 saturated carbocycles. The molecule has 0 aliphatic carbocycles. The van der Waals surface area contributed by atoms with Crippen LogP contribution >= 0.6 is 0 Å². The number of ether oxygens (including phenoxy) is 4. The van der Waals surface area contributed by atoms with Crippen molar-refractivity contribution in [2.24, 2.45) is 0 Å². The summed E-state index contributed by atoms with van der Waals surface area (Å²) in [7, 11) is 6.32. The summed E-state index contributed by atoms with van der Waals surface area (Å²) < 4.78 is 21.2. The van der Waals surface area contributed by atoms with Gasteiger partial charge in [-0.05, 0) is 18.2 Å². The predicted octanol–water partition coefficient (Wildman–Crippen LogP) is 2.78. The van der Waals surface area contributed by atoms with Crippen LogP contribution in [0.1, 0.15) is 0 Å². The number of hydrogen-bond donors (Lipinski definition) is 0. The molecular weight excluding hydrogens is 258 g/mol. The number of rotatable bonds is 5. The van der Waals surface area contributed by atoms with E-state index in [9.17, 15) is 0 Å². The van der Waals surface area contributed by atoms with Crippen LogP contribution in [0.25, 0.3) is 11.3 Å². The Morgan fingerprint density at radius 2 is 1.50 bits per heavy atom. The number of hydrogen-bond acceptors (Lipinski definition) is 5. The lowest BCUT2D eigenvalue weighted by Gasteiger charge is -2.15. The second-order valence-electron chi connectivity index (χ2n) is 3.95. The van der Waals surface area contributed by atoms with Gasteiger partial charge in [-0.3, -0.25) is 0 Å². The predicted molar refractivity (Wildman–Crippen MR) is 75.9 cm³/mol. The molecule has 0 aliphatic rings. The average molecular weight is 275 g/mol. The van der Waals surface area contributed by atoms with Crippen LogP contribution < -0.4 is 18.9 Å². The Labute approximate surface area is 118 Å². The van der Waals surface area contributed by atoms with Crippen LogP contribution in [-0.2, 0) is 0 Å². The molecule has 0 N–H and O–H groups in total. The highest BCUT2D eigenvalue weighted by Crippen LogP contribution is 2.43. The highest BCUT2D eigenvalue weighted by Gasteiger charge is 2.17. The molecule has 0 bridgehead atoms. The van der Waals surface area contributed by atoms with E-state index >= 15 is 0 Å². The molecule has 1 aromatic carbocycles. The molecule has 0 saturated heterocycles. The largest absolute Gasteiger partial charge is 0.493 e. The van der Waals surface area contributed by atoms with Crippen molar-refractivity contribution in [1.82, 2.24) is 4.98 Å². The Kier molecular flexibility index (Phi) is 4.30. The van der Waals surface area contributed by atoms with E-state index in [2.05, 4.69) is 4.98 Å². The van der Waals surface area contributed by atoms with Crippen LogP contribution in [0.4, 0.5) is 0 Å². The van der Waals surface area contributed by atoms with E-state index in [1.54, 1.807) is 34.5 Å². The number of benzene rings is 1. The van der Waals surface area contributed by atoms with Crippen molar-refractivity contribution in [2.45, 2.75) is 0 Å². The highest BCUT2D eigenvalue weighted by molar-refractivity contribution is 5.74. The van der Waals surface area contributed by atoms with E-state index in [-0.39, 0.29) is 0 Å². The van der Waals surface area contributed by atoms with Gasteiger partial charge in [-0.1, -0.05) is 6.07 Å². The molecule has 0 fully saturated rings. The van der Waals surface area contributed by atoms with Crippen LogP contribution in [0.2, 0.25) is 0 Å². The molecule has 5 nitrogen and oxygen atoms in total. The first-order chi connectivity index (χ1) is 9.74. The van der Waals surface area contributed by atoms with Gasteiger partial charge >= 0.3 is 0 Å². The molecule has 1 aromatic heterocycles. The summed E-state index contributed by atoms with van der Waals surface area (Å²) in [6.07, 6.45) is 0. The van der Waals surface area contributed by atoms with Gasteiger partial charge in [0.25, 0.3) is 0 Å². The lowest BCUT2D eigenvalue weighted by Crippen LogP contribution is -1.98. The van der Waals surface area contributed by atoms with Crippen LogP contribution in [-0.4, -0.2) is 33.4 Å². The molecule has 5 heteroatoms. The summed E-state index contributed by atoms with van der Waals surface area (Å²) in [6.45, 7) is 0. The minimum atomic E-state index is 0.539. The SMILES string of the molecule is COc1cccc(-c2ccc(OC)c(OC)c2OC)n1. The fourth-order valence-corrected chi connectivity index (χ4v) is 1.98. The zero-order valence-electron chi connectivity index (χ0n) is 12.0. The van der Waals surface area contributed by atoms with Gasteiger partial charge in [0.2, 0.25) is 11.6 Å². The van der Waals surface area contributed by atoms with Gasteiger partial charge in [0.1, 0.15) is 0 Å². The average Bonchev–Trinajstić information content (AvgIpc) is 2.53. The van der Waals surface area contributed by atoms with Crippen LogP contribution in [0.15, 0.2) is 30.3 Å². The summed E-state index contributed by atoms with van der Waals surface area (Å²) in [6, 6.07) is 9.24. The van der Waals surface area contributed by atoms with Crippen molar-refractivity contribution >= 4 is 0 Å². The zero-order chi connectivity index (χ0) is 14.5. The van der Waals surface area contributed by atoms with Crippen molar-refractivity contribution in [3.05, 3.63) is 30.3 Å². The van der Waals surface area contributed by atoms with Gasteiger partial charge in [0, 0.05) is 11.6 Å². The summed E-state index contributed by atoms with van der Waals surface area (Å²) >= 11 is 0. The van der Waals surface area contributed by atoms with E-state index in [4.69, 9.17) is 18.9 Å². The van der Waals surface area contributed by atoms with Gasteiger partial charge in [-0.25, -0.2) is 4.98 Å². The van der Waals surface area contributed by atoms with Gasteiger partial charge in [-0.15, -0.1) is 0 Å². The smallest absolute Gasteiger partial charge is 0.213 e. The topological polar surface area (TPSA) is 49.8 Å². The maximum atomic E-state index is 5.45. The van der Waals surface area contributed by atoms with E-state index in [0.29, 0.717) is 23.1 Å². The van der Waals surface area contributed by atoms with Crippen molar-refractivity contribution in [2.75, 3.05) is 28.4 Å². The molecule has 2 aromatic rings. The first-order valence-corrected chi connectivity index (χ1v) is 6.05. The summed E-state index contributed by atoms with van der Waals surface area (Å²) in [4.78, 5) is 4.40. The van der Waals surface area contributed by atoms with Crippen LogP contribution in [0, 0.1) is 0 Å². The van der Waals surface area contributed by atoms with Crippen LogP contribution in [0.3, 0.4) is 0 Å². The Balaban J connectivity index is 2.61. The van der Waals surface area contributed by atoms with Gasteiger partial charge in [0.05, 0.1) is 34.1 Å². The molecule has 1 heterocycles. The molecule has 0 amide bonds. The van der Waals surface area contributed by atoms with Gasteiger partial charge < -0.3 is 18.9 Å². The van der Waals surface area contributed by atoms with Gasteiger partial charge in [0.15, 0.2) is 11.5 Å². The number of nitrogens with zero attached hydrogens (tertiary/aromatic N) is 1. The molecule has 0 aliphatic heterocycles. The molecule has 0 radical (unpaired) electrons. The monoisotopic (exact) mass is 275 g/mol. The third kappa shape index (κ3) is 2.47. The maximum absolute atomic E-state index is 5.45. The molecule has 0 spiro atoms. The molecule has 106 valence electrons. The Morgan fingerprint density at radius 1 is 0.750 bits per heavy atom. The van der Waals surface area contributed by atoms with E-state index in [1.165, 1.54) is 0 Å². The highest BCUT2D eigenvalue weighted by atomic mass is 16.5.